The first kappa shape index (κ1) is 16.9. The van der Waals surface area contributed by atoms with Crippen LogP contribution < -0.4 is 0 Å². The molecule has 0 spiro atoms. The van der Waals surface area contributed by atoms with Crippen molar-refractivity contribution in [1.29, 1.82) is 0 Å². The van der Waals surface area contributed by atoms with Crippen molar-refractivity contribution in [3.63, 3.8) is 0 Å². The van der Waals surface area contributed by atoms with Crippen LogP contribution in [-0.2, 0) is 13.6 Å². The van der Waals surface area contributed by atoms with Gasteiger partial charge in [0.25, 0.3) is 0 Å². The number of imidazole rings is 1. The first-order valence-corrected chi connectivity index (χ1v) is 9.05. The van der Waals surface area contributed by atoms with Gasteiger partial charge in [-0.05, 0) is 44.0 Å². The zero-order valence-electron chi connectivity index (χ0n) is 14.9. The molecule has 0 radical (unpaired) electrons. The standard InChI is InChI=1S/C19H24N6O/c1-23-12-9-20-19(23)18(26)15-7-10-24(11-8-15)14-16-13-21-25(22-16)17-5-3-2-4-6-17/h2-6,9,12-13,15,18,26H,7-8,10-11,14H2,1H3. The van der Waals surface area contributed by atoms with Crippen molar-refractivity contribution in [2.24, 2.45) is 13.0 Å². The van der Waals surface area contributed by atoms with E-state index in [0.717, 1.165) is 49.7 Å². The lowest BCUT2D eigenvalue weighted by atomic mass is 9.90. The summed E-state index contributed by atoms with van der Waals surface area (Å²) in [6, 6.07) is 9.94. The lowest BCUT2D eigenvalue weighted by Crippen LogP contribution is -2.35. The van der Waals surface area contributed by atoms with Crippen LogP contribution in [0.2, 0.25) is 0 Å². The SMILES string of the molecule is Cn1ccnc1C(O)C1CCN(Cc2cnn(-c3ccccc3)n2)CC1. The Labute approximate surface area is 152 Å². The van der Waals surface area contributed by atoms with Crippen LogP contribution in [0.4, 0.5) is 0 Å². The average molecular weight is 352 g/mol. The minimum absolute atomic E-state index is 0.257. The van der Waals surface area contributed by atoms with Gasteiger partial charge in [-0.3, -0.25) is 4.90 Å². The molecule has 1 aliphatic heterocycles. The van der Waals surface area contributed by atoms with Crippen LogP contribution in [0.25, 0.3) is 5.69 Å². The number of hydrogen-bond acceptors (Lipinski definition) is 5. The Morgan fingerprint density at radius 3 is 2.65 bits per heavy atom. The quantitative estimate of drug-likeness (QED) is 0.760. The molecule has 2 aromatic heterocycles. The van der Waals surface area contributed by atoms with E-state index in [4.69, 9.17) is 0 Å². The average Bonchev–Trinajstić information content (AvgIpc) is 3.32. The van der Waals surface area contributed by atoms with Gasteiger partial charge in [0.2, 0.25) is 0 Å². The van der Waals surface area contributed by atoms with Gasteiger partial charge < -0.3 is 9.67 Å². The maximum atomic E-state index is 10.6. The first-order valence-electron chi connectivity index (χ1n) is 9.05. The van der Waals surface area contributed by atoms with E-state index in [-0.39, 0.29) is 5.92 Å². The van der Waals surface area contributed by atoms with E-state index in [2.05, 4.69) is 20.1 Å². The lowest BCUT2D eigenvalue weighted by Gasteiger charge is -2.33. The molecule has 1 aromatic carbocycles. The van der Waals surface area contributed by atoms with Crippen LogP contribution in [0.1, 0.15) is 30.5 Å². The summed E-state index contributed by atoms with van der Waals surface area (Å²) in [5.74, 6) is 1.02. The van der Waals surface area contributed by atoms with E-state index in [9.17, 15) is 5.11 Å². The number of aromatic nitrogens is 5. The minimum atomic E-state index is -0.490. The molecule has 0 aliphatic carbocycles. The molecule has 1 saturated heterocycles. The van der Waals surface area contributed by atoms with E-state index in [1.54, 1.807) is 11.0 Å². The lowest BCUT2D eigenvalue weighted by molar-refractivity contribution is 0.0489. The molecule has 3 heterocycles. The summed E-state index contributed by atoms with van der Waals surface area (Å²) in [6.45, 7) is 2.69. The van der Waals surface area contributed by atoms with E-state index in [1.165, 1.54) is 0 Å². The third kappa shape index (κ3) is 3.54. The van der Waals surface area contributed by atoms with Gasteiger partial charge in [0.05, 0.1) is 17.6 Å². The highest BCUT2D eigenvalue weighted by Crippen LogP contribution is 2.30. The molecule has 7 heteroatoms. The molecule has 1 unspecified atom stereocenters. The fourth-order valence-electron chi connectivity index (χ4n) is 3.58. The Morgan fingerprint density at radius 2 is 1.96 bits per heavy atom. The van der Waals surface area contributed by atoms with Crippen molar-refractivity contribution in [3.8, 4) is 5.69 Å². The monoisotopic (exact) mass is 352 g/mol. The summed E-state index contributed by atoms with van der Waals surface area (Å²) < 4.78 is 1.90. The van der Waals surface area contributed by atoms with Crippen molar-refractivity contribution in [3.05, 3.63) is 60.4 Å². The van der Waals surface area contributed by atoms with Crippen LogP contribution in [0.15, 0.2) is 48.9 Å². The summed E-state index contributed by atoms with van der Waals surface area (Å²) in [5, 5.41) is 19.5. The van der Waals surface area contributed by atoms with Gasteiger partial charge in [-0.1, -0.05) is 18.2 Å². The molecule has 7 nitrogen and oxygen atoms in total. The molecule has 1 aliphatic rings. The van der Waals surface area contributed by atoms with Crippen LogP contribution in [-0.4, -0.2) is 47.6 Å². The molecule has 0 bridgehead atoms. The van der Waals surface area contributed by atoms with Crippen LogP contribution in [0.3, 0.4) is 0 Å². The fourth-order valence-corrected chi connectivity index (χ4v) is 3.58. The second-order valence-corrected chi connectivity index (χ2v) is 6.92. The number of aryl methyl sites for hydroxylation is 1. The number of benzene rings is 1. The zero-order chi connectivity index (χ0) is 17.9. The first-order chi connectivity index (χ1) is 12.7. The smallest absolute Gasteiger partial charge is 0.137 e. The number of rotatable bonds is 5. The largest absolute Gasteiger partial charge is 0.385 e. The number of piperidine rings is 1. The van der Waals surface area contributed by atoms with Crippen LogP contribution in [0, 0.1) is 5.92 Å². The van der Waals surface area contributed by atoms with Gasteiger partial charge in [0, 0.05) is 26.0 Å². The van der Waals surface area contributed by atoms with E-state index < -0.39 is 6.10 Å². The number of para-hydroxylation sites is 1. The summed E-state index contributed by atoms with van der Waals surface area (Å²) in [5.41, 5.74) is 1.94. The summed E-state index contributed by atoms with van der Waals surface area (Å²) in [4.78, 5) is 8.34. The summed E-state index contributed by atoms with van der Waals surface area (Å²) in [6.07, 6.45) is 6.88. The van der Waals surface area contributed by atoms with Crippen molar-refractivity contribution >= 4 is 0 Å². The Hall–Kier alpha value is -2.51. The maximum absolute atomic E-state index is 10.6. The normalized spacial score (nSPS) is 17.5. The van der Waals surface area contributed by atoms with E-state index in [1.807, 2.05) is 54.3 Å². The van der Waals surface area contributed by atoms with Crippen molar-refractivity contribution < 1.29 is 5.11 Å². The minimum Gasteiger partial charge on any atom is -0.385 e. The molecule has 0 saturated carbocycles. The Morgan fingerprint density at radius 1 is 1.19 bits per heavy atom. The van der Waals surface area contributed by atoms with Crippen molar-refractivity contribution in [1.82, 2.24) is 29.4 Å². The summed E-state index contributed by atoms with van der Waals surface area (Å²) >= 11 is 0. The number of aliphatic hydroxyl groups is 1. The Balaban J connectivity index is 1.33. The highest BCUT2D eigenvalue weighted by molar-refractivity contribution is 5.28. The van der Waals surface area contributed by atoms with E-state index in [0.29, 0.717) is 0 Å². The number of hydrogen-bond donors (Lipinski definition) is 1. The van der Waals surface area contributed by atoms with Gasteiger partial charge >= 0.3 is 0 Å². The van der Waals surface area contributed by atoms with Gasteiger partial charge in [0.1, 0.15) is 11.9 Å². The molecule has 1 N–H and O–H groups in total. The zero-order valence-corrected chi connectivity index (χ0v) is 14.9. The highest BCUT2D eigenvalue weighted by Gasteiger charge is 2.28. The number of nitrogens with zero attached hydrogens (tertiary/aromatic N) is 6. The van der Waals surface area contributed by atoms with Crippen molar-refractivity contribution in [2.75, 3.05) is 13.1 Å². The van der Waals surface area contributed by atoms with E-state index >= 15 is 0 Å². The molecule has 3 aromatic rings. The molecule has 4 rings (SSSR count). The van der Waals surface area contributed by atoms with Crippen LogP contribution in [0.5, 0.6) is 0 Å². The van der Waals surface area contributed by atoms with Crippen molar-refractivity contribution in [2.45, 2.75) is 25.5 Å². The molecule has 1 fully saturated rings. The van der Waals surface area contributed by atoms with Gasteiger partial charge in [0.15, 0.2) is 0 Å². The topological polar surface area (TPSA) is 72.0 Å². The fraction of sp³-hybridized carbons (Fsp3) is 0.421. The second kappa shape index (κ2) is 7.39. The number of likely N-dealkylation sites (tertiary alicyclic amines) is 1. The molecule has 26 heavy (non-hydrogen) atoms. The predicted octanol–water partition coefficient (Wildman–Crippen LogP) is 1.95. The second-order valence-electron chi connectivity index (χ2n) is 6.92. The van der Waals surface area contributed by atoms with Crippen LogP contribution >= 0.6 is 0 Å². The van der Waals surface area contributed by atoms with Gasteiger partial charge in [-0.25, -0.2) is 4.98 Å². The molecular formula is C19H24N6O. The molecule has 0 amide bonds. The van der Waals surface area contributed by atoms with Gasteiger partial charge in [-0.15, -0.1) is 0 Å². The summed E-state index contributed by atoms with van der Waals surface area (Å²) in [7, 11) is 1.93. The Bertz CT molecular complexity index is 835. The third-order valence-corrected chi connectivity index (χ3v) is 5.11. The molecule has 1 atom stereocenters. The highest BCUT2D eigenvalue weighted by atomic mass is 16.3. The molecule has 136 valence electrons. The predicted molar refractivity (Wildman–Crippen MR) is 97.5 cm³/mol. The Kier molecular flexibility index (Phi) is 4.81. The number of aliphatic hydroxyl groups excluding tert-OH is 1. The molecular weight excluding hydrogens is 328 g/mol. The maximum Gasteiger partial charge on any atom is 0.137 e. The van der Waals surface area contributed by atoms with Gasteiger partial charge in [-0.2, -0.15) is 15.0 Å². The third-order valence-electron chi connectivity index (χ3n) is 5.11.